The smallest absolute Gasteiger partial charge is 0.278 e. The summed E-state index contributed by atoms with van der Waals surface area (Å²) in [4.78, 5) is 15.3. The summed E-state index contributed by atoms with van der Waals surface area (Å²) in [5, 5.41) is 15.4. The number of nitro groups is 1. The summed E-state index contributed by atoms with van der Waals surface area (Å²) in [5.41, 5.74) is 2.79. The number of rotatable bonds is 5. The lowest BCUT2D eigenvalue weighted by molar-refractivity contribution is -0.383. The van der Waals surface area contributed by atoms with E-state index in [2.05, 4.69) is 34.6 Å². The van der Waals surface area contributed by atoms with E-state index in [0.717, 1.165) is 38.3 Å². The Morgan fingerprint density at radius 2 is 1.85 bits per heavy atom. The second-order valence-corrected chi connectivity index (χ2v) is 6.90. The third-order valence-corrected chi connectivity index (χ3v) is 5.40. The average Bonchev–Trinajstić information content (AvgIpc) is 2.73. The monoisotopic (exact) mass is 363 g/mol. The van der Waals surface area contributed by atoms with E-state index in [1.54, 1.807) is 30.5 Å². The molecular weight excluding hydrogens is 342 g/mol. The Bertz CT molecular complexity index is 953. The number of nitro benzene ring substituents is 1. The normalized spacial score (nSPS) is 16.1. The maximum atomic E-state index is 11.3. The zero-order chi connectivity index (χ0) is 18.7. The molecule has 138 valence electrons. The van der Waals surface area contributed by atoms with Crippen molar-refractivity contribution in [2.24, 2.45) is 0 Å². The quantitative estimate of drug-likeness (QED) is 0.540. The second-order valence-electron chi connectivity index (χ2n) is 6.90. The molecule has 0 amide bonds. The molecular formula is C21H21N3O3. The molecule has 2 heterocycles. The molecule has 2 aromatic carbocycles. The van der Waals surface area contributed by atoms with E-state index < -0.39 is 0 Å². The molecule has 0 radical (unpaired) electrons. The molecule has 0 bridgehead atoms. The van der Waals surface area contributed by atoms with Crippen LogP contribution in [0.3, 0.4) is 0 Å². The number of aromatic nitrogens is 1. The SMILES string of the molecule is O=[N+]([O-])c1ccc(NCC2(c3ccccc3)CCOCC2)c2ncccc12. The van der Waals surface area contributed by atoms with Crippen molar-refractivity contribution in [3.8, 4) is 0 Å². The number of non-ortho nitro benzene ring substituents is 1. The fourth-order valence-corrected chi connectivity index (χ4v) is 3.85. The summed E-state index contributed by atoms with van der Waals surface area (Å²) < 4.78 is 5.60. The molecule has 3 aromatic rings. The summed E-state index contributed by atoms with van der Waals surface area (Å²) in [6.07, 6.45) is 3.53. The Kier molecular flexibility index (Phi) is 4.73. The zero-order valence-electron chi connectivity index (χ0n) is 14.9. The Balaban J connectivity index is 1.68. The molecule has 1 saturated heterocycles. The molecule has 1 N–H and O–H groups in total. The number of hydrogen-bond donors (Lipinski definition) is 1. The van der Waals surface area contributed by atoms with Crippen LogP contribution in [0.25, 0.3) is 10.9 Å². The number of hydrogen-bond acceptors (Lipinski definition) is 5. The van der Waals surface area contributed by atoms with Crippen LogP contribution in [0.4, 0.5) is 11.4 Å². The molecule has 0 saturated carbocycles. The van der Waals surface area contributed by atoms with Crippen LogP contribution in [0.5, 0.6) is 0 Å². The van der Waals surface area contributed by atoms with Crippen molar-refractivity contribution in [2.45, 2.75) is 18.3 Å². The Morgan fingerprint density at radius 3 is 2.59 bits per heavy atom. The minimum atomic E-state index is -0.363. The number of anilines is 1. The predicted molar refractivity (Wildman–Crippen MR) is 105 cm³/mol. The van der Waals surface area contributed by atoms with Gasteiger partial charge in [-0.15, -0.1) is 0 Å². The highest BCUT2D eigenvalue weighted by Gasteiger charge is 2.34. The van der Waals surface area contributed by atoms with Crippen LogP contribution in [0.1, 0.15) is 18.4 Å². The second kappa shape index (κ2) is 7.32. The molecule has 1 aromatic heterocycles. The van der Waals surface area contributed by atoms with Crippen molar-refractivity contribution in [1.82, 2.24) is 4.98 Å². The minimum Gasteiger partial charge on any atom is -0.382 e. The summed E-state index contributed by atoms with van der Waals surface area (Å²) >= 11 is 0. The number of nitrogens with zero attached hydrogens (tertiary/aromatic N) is 2. The van der Waals surface area contributed by atoms with Gasteiger partial charge in [-0.3, -0.25) is 15.1 Å². The van der Waals surface area contributed by atoms with Crippen LogP contribution >= 0.6 is 0 Å². The molecule has 1 aliphatic heterocycles. The lowest BCUT2D eigenvalue weighted by Gasteiger charge is -2.38. The number of pyridine rings is 1. The number of fused-ring (bicyclic) bond motifs is 1. The average molecular weight is 363 g/mol. The van der Waals surface area contributed by atoms with Crippen molar-refractivity contribution in [3.63, 3.8) is 0 Å². The first-order valence-electron chi connectivity index (χ1n) is 9.09. The number of nitrogens with one attached hydrogen (secondary N) is 1. The third kappa shape index (κ3) is 3.36. The summed E-state index contributed by atoms with van der Waals surface area (Å²) in [6, 6.07) is 17.3. The fraction of sp³-hybridized carbons (Fsp3) is 0.286. The molecule has 0 aliphatic carbocycles. The van der Waals surface area contributed by atoms with E-state index in [1.165, 1.54) is 5.56 Å². The predicted octanol–water partition coefficient (Wildman–Crippen LogP) is 4.30. The largest absolute Gasteiger partial charge is 0.382 e. The lowest BCUT2D eigenvalue weighted by atomic mass is 9.74. The first-order valence-corrected chi connectivity index (χ1v) is 9.09. The van der Waals surface area contributed by atoms with Gasteiger partial charge in [0.25, 0.3) is 5.69 Å². The fourth-order valence-electron chi connectivity index (χ4n) is 3.85. The van der Waals surface area contributed by atoms with Crippen LogP contribution in [-0.4, -0.2) is 29.7 Å². The van der Waals surface area contributed by atoms with E-state index >= 15 is 0 Å². The molecule has 0 atom stereocenters. The van der Waals surface area contributed by atoms with Crippen LogP contribution in [0, 0.1) is 10.1 Å². The van der Waals surface area contributed by atoms with Gasteiger partial charge in [-0.2, -0.15) is 0 Å². The zero-order valence-corrected chi connectivity index (χ0v) is 14.9. The van der Waals surface area contributed by atoms with Crippen molar-refractivity contribution < 1.29 is 9.66 Å². The standard InChI is InChI=1S/C21H21N3O3/c25-24(26)19-9-8-18(20-17(19)7-4-12-22-20)23-15-21(10-13-27-14-11-21)16-5-2-1-3-6-16/h1-9,12,23H,10-11,13-15H2. The van der Waals surface area contributed by atoms with Gasteiger partial charge in [-0.05, 0) is 36.6 Å². The molecule has 6 nitrogen and oxygen atoms in total. The van der Waals surface area contributed by atoms with Crippen LogP contribution in [0.15, 0.2) is 60.8 Å². The van der Waals surface area contributed by atoms with Gasteiger partial charge in [0.15, 0.2) is 0 Å². The summed E-state index contributed by atoms with van der Waals surface area (Å²) in [5.74, 6) is 0. The lowest BCUT2D eigenvalue weighted by Crippen LogP contribution is -2.40. The first kappa shape index (κ1) is 17.4. The Hall–Kier alpha value is -2.99. The van der Waals surface area contributed by atoms with Crippen molar-refractivity contribution >= 4 is 22.3 Å². The van der Waals surface area contributed by atoms with E-state index in [1.807, 2.05) is 6.07 Å². The third-order valence-electron chi connectivity index (χ3n) is 5.40. The van der Waals surface area contributed by atoms with Gasteiger partial charge in [0.05, 0.1) is 16.0 Å². The molecule has 1 fully saturated rings. The molecule has 0 unspecified atom stereocenters. The van der Waals surface area contributed by atoms with Gasteiger partial charge in [0.2, 0.25) is 0 Å². The molecule has 4 rings (SSSR count). The van der Waals surface area contributed by atoms with Gasteiger partial charge < -0.3 is 10.1 Å². The molecule has 6 heteroatoms. The van der Waals surface area contributed by atoms with Gasteiger partial charge in [0.1, 0.15) is 5.52 Å². The van der Waals surface area contributed by atoms with E-state index in [-0.39, 0.29) is 16.0 Å². The molecule has 0 spiro atoms. The first-order chi connectivity index (χ1) is 13.2. The summed E-state index contributed by atoms with van der Waals surface area (Å²) in [7, 11) is 0. The highest BCUT2D eigenvalue weighted by Crippen LogP contribution is 2.36. The summed E-state index contributed by atoms with van der Waals surface area (Å²) in [6.45, 7) is 2.19. The van der Waals surface area contributed by atoms with E-state index in [9.17, 15) is 10.1 Å². The topological polar surface area (TPSA) is 77.3 Å². The van der Waals surface area contributed by atoms with Crippen LogP contribution < -0.4 is 5.32 Å². The number of benzene rings is 2. The number of ether oxygens (including phenoxy) is 1. The van der Waals surface area contributed by atoms with Crippen LogP contribution in [0.2, 0.25) is 0 Å². The van der Waals surface area contributed by atoms with Crippen LogP contribution in [-0.2, 0) is 10.2 Å². The highest BCUT2D eigenvalue weighted by molar-refractivity contribution is 5.96. The Labute approximate surface area is 157 Å². The van der Waals surface area contributed by atoms with E-state index in [0.29, 0.717) is 10.9 Å². The van der Waals surface area contributed by atoms with Crippen molar-refractivity contribution in [3.05, 3.63) is 76.5 Å². The maximum Gasteiger partial charge on any atom is 0.278 e. The van der Waals surface area contributed by atoms with Gasteiger partial charge >= 0.3 is 0 Å². The maximum absolute atomic E-state index is 11.3. The van der Waals surface area contributed by atoms with E-state index in [4.69, 9.17) is 4.74 Å². The van der Waals surface area contributed by atoms with Crippen molar-refractivity contribution in [1.29, 1.82) is 0 Å². The molecule has 27 heavy (non-hydrogen) atoms. The molecule has 1 aliphatic rings. The minimum absolute atomic E-state index is 0.0254. The van der Waals surface area contributed by atoms with Gasteiger partial charge in [-0.1, -0.05) is 30.3 Å². The van der Waals surface area contributed by atoms with Gasteiger partial charge in [0, 0.05) is 37.4 Å². The van der Waals surface area contributed by atoms with Gasteiger partial charge in [-0.25, -0.2) is 0 Å². The Morgan fingerprint density at radius 1 is 1.07 bits per heavy atom. The van der Waals surface area contributed by atoms with Crippen molar-refractivity contribution in [2.75, 3.05) is 25.1 Å². The highest BCUT2D eigenvalue weighted by atomic mass is 16.6.